The molecule has 3 aromatic rings. The lowest BCUT2D eigenvalue weighted by Gasteiger charge is -2.41. The lowest BCUT2D eigenvalue weighted by molar-refractivity contribution is -0.281. The Balaban J connectivity index is 1.58. The van der Waals surface area contributed by atoms with Crippen LogP contribution in [0.4, 0.5) is 0 Å². The molecule has 2 aliphatic rings. The van der Waals surface area contributed by atoms with Gasteiger partial charge in [-0.25, -0.2) is 0 Å². The number of benzene rings is 2. The molecule has 0 bridgehead atoms. The van der Waals surface area contributed by atoms with Gasteiger partial charge in [0, 0.05) is 24.6 Å². The molecule has 0 amide bonds. The van der Waals surface area contributed by atoms with Crippen LogP contribution in [0.15, 0.2) is 45.6 Å². The zero-order valence-corrected chi connectivity index (χ0v) is 23.8. The number of carbonyl (C=O) groups is 1. The summed E-state index contributed by atoms with van der Waals surface area (Å²) in [7, 11) is 0. The van der Waals surface area contributed by atoms with E-state index in [9.17, 15) is 50.4 Å². The number of hydrogen-bond acceptors (Lipinski definition) is 16. The van der Waals surface area contributed by atoms with Crippen molar-refractivity contribution in [3.05, 3.63) is 46.6 Å². The molecular formula is C29H32O16. The Hall–Kier alpha value is -4.00. The van der Waals surface area contributed by atoms with E-state index in [2.05, 4.69) is 0 Å². The number of hydrogen-bond donors (Lipinski definition) is 8. The molecule has 0 aliphatic carbocycles. The van der Waals surface area contributed by atoms with Crippen molar-refractivity contribution in [2.75, 3.05) is 6.61 Å². The summed E-state index contributed by atoms with van der Waals surface area (Å²) in [5, 5.41) is 81.7. The summed E-state index contributed by atoms with van der Waals surface area (Å²) in [4.78, 5) is 25.5. The van der Waals surface area contributed by atoms with Gasteiger partial charge in [0.15, 0.2) is 18.0 Å². The largest absolute Gasteiger partial charge is 0.508 e. The molecule has 0 radical (unpaired) electrons. The van der Waals surface area contributed by atoms with Gasteiger partial charge in [-0.05, 0) is 31.2 Å². The van der Waals surface area contributed by atoms with Crippen LogP contribution in [0, 0.1) is 0 Å². The maximum atomic E-state index is 13.9. The molecule has 5 rings (SSSR count). The Morgan fingerprint density at radius 1 is 0.867 bits per heavy atom. The highest BCUT2D eigenvalue weighted by atomic mass is 16.7. The Morgan fingerprint density at radius 2 is 1.53 bits per heavy atom. The number of aliphatic hydroxyl groups excluding tert-OH is 6. The summed E-state index contributed by atoms with van der Waals surface area (Å²) in [6.45, 7) is 1.71. The van der Waals surface area contributed by atoms with E-state index >= 15 is 0 Å². The number of rotatable bonds is 7. The number of phenolic OH excluding ortho intramolecular Hbond substituents is 2. The molecule has 16 nitrogen and oxygen atoms in total. The molecule has 16 heteroatoms. The standard InChI is InChI=1S/C29H32O16/c1-10-19(34)22(37)23(38)28(40-10)42-14-7-15(33)18-16(8-14)43-25(12-3-5-13(32)6-4-12)27(21(18)36)45-29-24(39)26(41-11(2)31)20(35)17(9-30)44-29/h3-8,10,17,19-20,22-24,26,28-30,32-35,37-39H,9H2,1-2H3. The molecule has 1 aromatic heterocycles. The first-order valence-electron chi connectivity index (χ1n) is 13.8. The minimum absolute atomic E-state index is 0.125. The average Bonchev–Trinajstić information content (AvgIpc) is 2.99. The fourth-order valence-electron chi connectivity index (χ4n) is 5.08. The minimum atomic E-state index is -1.86. The zero-order chi connectivity index (χ0) is 32.7. The van der Waals surface area contributed by atoms with E-state index < -0.39 is 96.3 Å². The van der Waals surface area contributed by atoms with Crippen LogP contribution in [0.2, 0.25) is 0 Å². The summed E-state index contributed by atoms with van der Waals surface area (Å²) in [5.74, 6) is -2.71. The topological polar surface area (TPSA) is 255 Å². The van der Waals surface area contributed by atoms with Gasteiger partial charge in [-0.15, -0.1) is 0 Å². The van der Waals surface area contributed by atoms with Crippen LogP contribution in [0.5, 0.6) is 23.0 Å². The predicted octanol–water partition coefficient (Wildman–Crippen LogP) is -1.17. The summed E-state index contributed by atoms with van der Waals surface area (Å²) >= 11 is 0. The number of aliphatic hydroxyl groups is 6. The fourth-order valence-corrected chi connectivity index (χ4v) is 5.08. The van der Waals surface area contributed by atoms with Gasteiger partial charge in [-0.3, -0.25) is 9.59 Å². The van der Waals surface area contributed by atoms with E-state index in [1.54, 1.807) is 0 Å². The Morgan fingerprint density at radius 3 is 2.18 bits per heavy atom. The first kappa shape index (κ1) is 32.4. The van der Waals surface area contributed by atoms with Crippen molar-refractivity contribution in [2.24, 2.45) is 0 Å². The van der Waals surface area contributed by atoms with Gasteiger partial charge in [-0.2, -0.15) is 0 Å². The lowest BCUT2D eigenvalue weighted by atomic mass is 9.99. The summed E-state index contributed by atoms with van der Waals surface area (Å²) < 4.78 is 33.3. The SMILES string of the molecule is CC(=O)OC1C(O)C(CO)OC(Oc2c(-c3ccc(O)cc3)oc3cc(OC4OC(C)C(O)C(O)C4O)cc(O)c3c2=O)C1O. The van der Waals surface area contributed by atoms with Gasteiger partial charge < -0.3 is 69.0 Å². The zero-order valence-electron chi connectivity index (χ0n) is 23.8. The number of carbonyl (C=O) groups excluding carboxylic acids is 1. The van der Waals surface area contributed by atoms with Gasteiger partial charge in [0.05, 0.1) is 12.7 Å². The molecule has 2 aliphatic heterocycles. The normalized spacial score (nSPS) is 31.8. The maximum absolute atomic E-state index is 13.9. The van der Waals surface area contributed by atoms with Crippen molar-refractivity contribution in [1.82, 2.24) is 0 Å². The molecule has 3 heterocycles. The Bertz CT molecular complexity index is 1590. The first-order chi connectivity index (χ1) is 21.3. The van der Waals surface area contributed by atoms with Crippen LogP contribution in [0.3, 0.4) is 0 Å². The molecule has 10 unspecified atom stereocenters. The van der Waals surface area contributed by atoms with Crippen LogP contribution >= 0.6 is 0 Å². The van der Waals surface area contributed by atoms with E-state index in [1.165, 1.54) is 37.3 Å². The van der Waals surface area contributed by atoms with Crippen molar-refractivity contribution in [2.45, 2.75) is 75.3 Å². The molecule has 2 aromatic carbocycles. The van der Waals surface area contributed by atoms with Crippen LogP contribution in [-0.2, 0) is 19.0 Å². The lowest BCUT2D eigenvalue weighted by Crippen LogP contribution is -2.61. The molecule has 45 heavy (non-hydrogen) atoms. The van der Waals surface area contributed by atoms with Crippen molar-refractivity contribution in [3.63, 3.8) is 0 Å². The Kier molecular flexibility index (Phi) is 9.20. The van der Waals surface area contributed by atoms with E-state index in [1.807, 2.05) is 0 Å². The van der Waals surface area contributed by atoms with Gasteiger partial charge in [0.25, 0.3) is 0 Å². The van der Waals surface area contributed by atoms with E-state index in [0.29, 0.717) is 0 Å². The molecule has 10 atom stereocenters. The molecular weight excluding hydrogens is 604 g/mol. The highest BCUT2D eigenvalue weighted by molar-refractivity contribution is 5.88. The van der Waals surface area contributed by atoms with Crippen LogP contribution in [0.25, 0.3) is 22.3 Å². The van der Waals surface area contributed by atoms with E-state index in [4.69, 9.17) is 28.1 Å². The molecule has 244 valence electrons. The number of esters is 1. The number of phenols is 2. The monoisotopic (exact) mass is 636 g/mol. The molecule has 0 saturated carbocycles. The predicted molar refractivity (Wildman–Crippen MR) is 148 cm³/mol. The van der Waals surface area contributed by atoms with Crippen LogP contribution < -0.4 is 14.9 Å². The average molecular weight is 637 g/mol. The smallest absolute Gasteiger partial charge is 0.303 e. The Labute approximate surface area is 253 Å². The molecule has 2 saturated heterocycles. The number of aromatic hydroxyl groups is 2. The van der Waals surface area contributed by atoms with E-state index in [-0.39, 0.29) is 28.4 Å². The summed E-state index contributed by atoms with van der Waals surface area (Å²) in [6, 6.07) is 7.49. The van der Waals surface area contributed by atoms with Crippen LogP contribution in [0.1, 0.15) is 13.8 Å². The third-order valence-electron chi connectivity index (χ3n) is 7.45. The first-order valence-corrected chi connectivity index (χ1v) is 13.8. The summed E-state index contributed by atoms with van der Waals surface area (Å²) in [6.07, 6.45) is -15.4. The highest BCUT2D eigenvalue weighted by Gasteiger charge is 2.48. The summed E-state index contributed by atoms with van der Waals surface area (Å²) in [5.41, 5.74) is -1.06. The van der Waals surface area contributed by atoms with Crippen molar-refractivity contribution >= 4 is 16.9 Å². The fraction of sp³-hybridized carbons (Fsp3) is 0.448. The quantitative estimate of drug-likeness (QED) is 0.142. The van der Waals surface area contributed by atoms with Crippen LogP contribution in [-0.4, -0.2) is 115 Å². The third kappa shape index (κ3) is 6.27. The molecule has 2 fully saturated rings. The van der Waals surface area contributed by atoms with Gasteiger partial charge in [-0.1, -0.05) is 0 Å². The highest BCUT2D eigenvalue weighted by Crippen LogP contribution is 2.38. The van der Waals surface area contributed by atoms with E-state index in [0.717, 1.165) is 13.0 Å². The molecule has 8 N–H and O–H groups in total. The van der Waals surface area contributed by atoms with Crippen molar-refractivity contribution in [1.29, 1.82) is 0 Å². The van der Waals surface area contributed by atoms with Gasteiger partial charge in [0.1, 0.15) is 58.7 Å². The van der Waals surface area contributed by atoms with Crippen molar-refractivity contribution in [3.8, 4) is 34.3 Å². The van der Waals surface area contributed by atoms with Gasteiger partial charge in [0.2, 0.25) is 23.8 Å². The second kappa shape index (κ2) is 12.8. The molecule has 0 spiro atoms. The van der Waals surface area contributed by atoms with Crippen molar-refractivity contribution < 1.29 is 73.7 Å². The number of ether oxygens (including phenoxy) is 5. The maximum Gasteiger partial charge on any atom is 0.303 e. The minimum Gasteiger partial charge on any atom is -0.508 e. The second-order valence-electron chi connectivity index (χ2n) is 10.6. The third-order valence-corrected chi connectivity index (χ3v) is 7.45. The second-order valence-corrected chi connectivity index (χ2v) is 10.6. The number of fused-ring (bicyclic) bond motifs is 1. The van der Waals surface area contributed by atoms with Gasteiger partial charge >= 0.3 is 5.97 Å².